The molecule has 0 spiro atoms. The molecule has 0 aliphatic rings. The Morgan fingerprint density at radius 1 is 1.11 bits per heavy atom. The Labute approximate surface area is 214 Å². The fourth-order valence-corrected chi connectivity index (χ4v) is 6.12. The molecule has 3 aromatic rings. The molecule has 0 fully saturated rings. The van der Waals surface area contributed by atoms with E-state index >= 15 is 0 Å². The van der Waals surface area contributed by atoms with Crippen molar-refractivity contribution in [2.24, 2.45) is 0 Å². The van der Waals surface area contributed by atoms with E-state index in [1.54, 1.807) is 30.3 Å². The summed E-state index contributed by atoms with van der Waals surface area (Å²) < 4.78 is 71.5. The highest BCUT2D eigenvalue weighted by Crippen LogP contribution is 2.36. The maximum Gasteiger partial charge on any atom is 0.416 e. The van der Waals surface area contributed by atoms with Crippen molar-refractivity contribution in [3.8, 4) is 0 Å². The minimum Gasteiger partial charge on any atom is -0.467 e. The van der Waals surface area contributed by atoms with E-state index in [0.29, 0.717) is 17.4 Å². The number of sulfonamides is 1. The normalized spacial score (nSPS) is 12.6. The largest absolute Gasteiger partial charge is 0.467 e. The molecule has 1 amide bonds. The van der Waals surface area contributed by atoms with Gasteiger partial charge < -0.3 is 10.1 Å². The van der Waals surface area contributed by atoms with Crippen LogP contribution in [0, 0.1) is 6.92 Å². The Bertz CT molecular complexity index is 1380. The lowest BCUT2D eigenvalue weighted by Crippen LogP contribution is -2.42. The third kappa shape index (κ3) is 6.56. The number of ether oxygens (including phenoxy) is 1. The predicted octanol–water partition coefficient (Wildman–Crippen LogP) is 5.04. The molecule has 192 valence electrons. The van der Waals surface area contributed by atoms with Gasteiger partial charge in [0, 0.05) is 6.42 Å². The lowest BCUT2D eigenvalue weighted by molar-refractivity contribution is -0.143. The SMILES string of the molecule is COC(=O)[C@@H](Cc1ccccc1)NC(=O)c1cc(C)c(S(=O)(=O)Nc2cc(C(F)(F)F)ccc2Cl)s1. The van der Waals surface area contributed by atoms with E-state index in [9.17, 15) is 31.2 Å². The number of benzene rings is 2. The molecule has 0 unspecified atom stereocenters. The Morgan fingerprint density at radius 2 is 1.78 bits per heavy atom. The van der Waals surface area contributed by atoms with Crippen LogP contribution in [-0.2, 0) is 32.2 Å². The van der Waals surface area contributed by atoms with Gasteiger partial charge in [0.1, 0.15) is 10.3 Å². The van der Waals surface area contributed by atoms with Crippen molar-refractivity contribution < 1.29 is 35.9 Å². The zero-order chi connectivity index (χ0) is 26.7. The molecule has 0 bridgehead atoms. The van der Waals surface area contributed by atoms with Crippen molar-refractivity contribution in [1.29, 1.82) is 0 Å². The average Bonchev–Trinajstić information content (AvgIpc) is 3.22. The topological polar surface area (TPSA) is 102 Å². The molecule has 0 aliphatic carbocycles. The molecule has 0 saturated heterocycles. The fraction of sp³-hybridized carbons (Fsp3) is 0.217. The number of alkyl halides is 3. The highest BCUT2D eigenvalue weighted by molar-refractivity contribution is 7.94. The van der Waals surface area contributed by atoms with Crippen LogP contribution in [0.3, 0.4) is 0 Å². The van der Waals surface area contributed by atoms with Crippen LogP contribution < -0.4 is 10.0 Å². The van der Waals surface area contributed by atoms with Gasteiger partial charge in [-0.15, -0.1) is 11.3 Å². The molecule has 36 heavy (non-hydrogen) atoms. The van der Waals surface area contributed by atoms with Gasteiger partial charge in [-0.05, 0) is 42.3 Å². The number of thiophene rings is 1. The first-order valence-corrected chi connectivity index (χ1v) is 12.9. The zero-order valence-electron chi connectivity index (χ0n) is 18.9. The molecule has 0 aliphatic heterocycles. The number of anilines is 1. The summed E-state index contributed by atoms with van der Waals surface area (Å²) >= 11 is 6.50. The van der Waals surface area contributed by atoms with Crippen molar-refractivity contribution in [1.82, 2.24) is 5.32 Å². The summed E-state index contributed by atoms with van der Waals surface area (Å²) in [6, 6.07) is 11.4. The highest BCUT2D eigenvalue weighted by atomic mass is 35.5. The fourth-order valence-electron chi connectivity index (χ4n) is 3.23. The van der Waals surface area contributed by atoms with Gasteiger partial charge in [0.2, 0.25) is 0 Å². The van der Waals surface area contributed by atoms with Gasteiger partial charge in [0.05, 0.1) is 28.3 Å². The Hall–Kier alpha value is -3.09. The molecule has 1 aromatic heterocycles. The Balaban J connectivity index is 1.84. The molecule has 2 aromatic carbocycles. The number of hydrogen-bond acceptors (Lipinski definition) is 6. The molecule has 3 rings (SSSR count). The number of hydrogen-bond donors (Lipinski definition) is 2. The van der Waals surface area contributed by atoms with Crippen LogP contribution in [0.2, 0.25) is 5.02 Å². The monoisotopic (exact) mass is 560 g/mol. The molecule has 7 nitrogen and oxygen atoms in total. The Kier molecular flexibility index (Phi) is 8.32. The second kappa shape index (κ2) is 10.9. The van der Waals surface area contributed by atoms with Crippen LogP contribution in [0.1, 0.15) is 26.4 Å². The molecule has 13 heteroatoms. The number of methoxy groups -OCH3 is 1. The third-order valence-electron chi connectivity index (χ3n) is 4.95. The number of aryl methyl sites for hydroxylation is 1. The number of carbonyl (C=O) groups excluding carboxylic acids is 2. The lowest BCUT2D eigenvalue weighted by Gasteiger charge is -2.16. The van der Waals surface area contributed by atoms with Gasteiger partial charge >= 0.3 is 12.1 Å². The summed E-state index contributed by atoms with van der Waals surface area (Å²) in [5, 5.41) is 2.31. The summed E-state index contributed by atoms with van der Waals surface area (Å²) in [7, 11) is -3.22. The van der Waals surface area contributed by atoms with Crippen molar-refractivity contribution in [3.05, 3.63) is 81.2 Å². The predicted molar refractivity (Wildman–Crippen MR) is 130 cm³/mol. The van der Waals surface area contributed by atoms with E-state index in [0.717, 1.165) is 17.7 Å². The van der Waals surface area contributed by atoms with Crippen molar-refractivity contribution in [2.75, 3.05) is 11.8 Å². The van der Waals surface area contributed by atoms with Gasteiger partial charge in [0.25, 0.3) is 15.9 Å². The standard InChI is InChI=1S/C23H20ClF3N2O5S2/c1-13-10-19(20(30)28-18(21(31)34-2)11-14-6-4-3-5-7-14)35-22(13)36(32,33)29-17-12-15(23(25,26)27)8-9-16(17)24/h3-10,12,18,29H,11H2,1-2H3,(H,28,30)/t18-/m1/s1. The molecule has 1 heterocycles. The first-order valence-electron chi connectivity index (χ1n) is 10.2. The third-order valence-corrected chi connectivity index (χ3v) is 8.52. The van der Waals surface area contributed by atoms with E-state index in [4.69, 9.17) is 16.3 Å². The quantitative estimate of drug-likeness (QED) is 0.376. The minimum atomic E-state index is -4.70. The van der Waals surface area contributed by atoms with E-state index in [-0.39, 0.29) is 26.1 Å². The lowest BCUT2D eigenvalue weighted by atomic mass is 10.1. The average molecular weight is 561 g/mol. The summed E-state index contributed by atoms with van der Waals surface area (Å²) in [5.74, 6) is -1.40. The van der Waals surface area contributed by atoms with Gasteiger partial charge in [-0.2, -0.15) is 13.2 Å². The van der Waals surface area contributed by atoms with Crippen LogP contribution >= 0.6 is 22.9 Å². The number of amides is 1. The summed E-state index contributed by atoms with van der Waals surface area (Å²) in [5.41, 5.74) is -0.599. The number of esters is 1. The second-order valence-corrected chi connectivity index (χ2v) is 11.0. The smallest absolute Gasteiger partial charge is 0.416 e. The van der Waals surface area contributed by atoms with Crippen LogP contribution in [0.15, 0.2) is 58.8 Å². The number of nitrogens with one attached hydrogen (secondary N) is 2. The van der Waals surface area contributed by atoms with Gasteiger partial charge in [0.15, 0.2) is 0 Å². The van der Waals surface area contributed by atoms with E-state index in [2.05, 4.69) is 10.0 Å². The summed E-state index contributed by atoms with van der Waals surface area (Å²) in [6.07, 6.45) is -4.56. The molecule has 1 atom stereocenters. The van der Waals surface area contributed by atoms with Crippen molar-refractivity contribution >= 4 is 50.5 Å². The van der Waals surface area contributed by atoms with Crippen molar-refractivity contribution in [3.63, 3.8) is 0 Å². The summed E-state index contributed by atoms with van der Waals surface area (Å²) in [6.45, 7) is 1.43. The minimum absolute atomic E-state index is 0.0232. The summed E-state index contributed by atoms with van der Waals surface area (Å²) in [4.78, 5) is 25.0. The first-order chi connectivity index (χ1) is 16.8. The number of carbonyl (C=O) groups is 2. The molecule has 0 saturated carbocycles. The van der Waals surface area contributed by atoms with Crippen LogP contribution in [0.4, 0.5) is 18.9 Å². The first kappa shape index (κ1) is 27.5. The zero-order valence-corrected chi connectivity index (χ0v) is 21.2. The van der Waals surface area contributed by atoms with Crippen LogP contribution in [-0.4, -0.2) is 33.4 Å². The van der Waals surface area contributed by atoms with Gasteiger partial charge in [-0.1, -0.05) is 41.9 Å². The second-order valence-electron chi connectivity index (χ2n) is 7.62. The van der Waals surface area contributed by atoms with E-state index < -0.39 is 45.4 Å². The number of halogens is 4. The van der Waals surface area contributed by atoms with Gasteiger partial charge in [-0.3, -0.25) is 9.52 Å². The molecule has 0 radical (unpaired) electrons. The maximum absolute atomic E-state index is 13.0. The van der Waals surface area contributed by atoms with Crippen LogP contribution in [0.25, 0.3) is 0 Å². The molecular weight excluding hydrogens is 541 g/mol. The van der Waals surface area contributed by atoms with Gasteiger partial charge in [-0.25, -0.2) is 13.2 Å². The highest BCUT2D eigenvalue weighted by Gasteiger charge is 2.32. The van der Waals surface area contributed by atoms with Crippen LogP contribution in [0.5, 0.6) is 0 Å². The maximum atomic E-state index is 13.0. The molecule has 2 N–H and O–H groups in total. The number of rotatable bonds is 8. The van der Waals surface area contributed by atoms with E-state index in [1.807, 2.05) is 0 Å². The Morgan fingerprint density at radius 3 is 2.39 bits per heavy atom. The van der Waals surface area contributed by atoms with E-state index in [1.165, 1.54) is 20.1 Å². The molecular formula is C23H20ClF3N2O5S2. The van der Waals surface area contributed by atoms with Crippen molar-refractivity contribution in [2.45, 2.75) is 29.8 Å².